The fourth-order valence-corrected chi connectivity index (χ4v) is 1.44. The Kier molecular flexibility index (Phi) is 11.2. The number of nitrogens with zero attached hydrogens (tertiary/aromatic N) is 1. The maximum Gasteiger partial charge on any atom is 0.221 e. The van der Waals surface area contributed by atoms with Gasteiger partial charge in [-0.3, -0.25) is 9.59 Å². The Morgan fingerprint density at radius 3 is 2.16 bits per heavy atom. The average Bonchev–Trinajstić information content (AvgIpc) is 2.33. The van der Waals surface area contributed by atoms with Gasteiger partial charge in [-0.05, 0) is 20.5 Å². The van der Waals surface area contributed by atoms with Gasteiger partial charge in [0.1, 0.15) is 0 Å². The summed E-state index contributed by atoms with van der Waals surface area (Å²) in [6, 6.07) is 0. The van der Waals surface area contributed by atoms with Crippen LogP contribution in [0.5, 0.6) is 0 Å². The van der Waals surface area contributed by atoms with Crippen LogP contribution in [-0.2, 0) is 9.59 Å². The molecule has 6 heteroatoms. The van der Waals surface area contributed by atoms with E-state index in [1.165, 1.54) is 0 Å². The lowest BCUT2D eigenvalue weighted by atomic mass is 10.3. The topological polar surface area (TPSA) is 73.5 Å². The highest BCUT2D eigenvalue weighted by molar-refractivity contribution is 5.76. The fourth-order valence-electron chi connectivity index (χ4n) is 1.44. The van der Waals surface area contributed by atoms with Gasteiger partial charge in [-0.15, -0.1) is 0 Å². The van der Waals surface area contributed by atoms with Crippen LogP contribution in [0.25, 0.3) is 0 Å². The van der Waals surface area contributed by atoms with Gasteiger partial charge in [0, 0.05) is 45.6 Å². The monoisotopic (exact) mass is 272 g/mol. The predicted molar refractivity (Wildman–Crippen MR) is 77.0 cm³/mol. The molecule has 0 aromatic rings. The minimum Gasteiger partial charge on any atom is -0.355 e. The highest BCUT2D eigenvalue weighted by Gasteiger charge is 2.01. The van der Waals surface area contributed by atoms with E-state index in [9.17, 15) is 9.59 Å². The summed E-state index contributed by atoms with van der Waals surface area (Å²) in [4.78, 5) is 24.6. The molecule has 0 aromatic heterocycles. The summed E-state index contributed by atoms with van der Waals surface area (Å²) in [5.41, 5.74) is 0. The molecule has 0 unspecified atom stereocenters. The fraction of sp³-hybridized carbons (Fsp3) is 0.846. The van der Waals surface area contributed by atoms with Gasteiger partial charge in [0.25, 0.3) is 0 Å². The Morgan fingerprint density at radius 2 is 1.53 bits per heavy atom. The average molecular weight is 272 g/mol. The molecule has 2 amide bonds. The molecule has 0 saturated carbocycles. The Hall–Kier alpha value is -1.14. The van der Waals surface area contributed by atoms with E-state index in [2.05, 4.69) is 16.0 Å². The van der Waals surface area contributed by atoms with Crippen molar-refractivity contribution in [3.63, 3.8) is 0 Å². The van der Waals surface area contributed by atoms with Gasteiger partial charge in [0.2, 0.25) is 11.8 Å². The third kappa shape index (κ3) is 13.1. The first-order valence-electron chi connectivity index (χ1n) is 6.95. The van der Waals surface area contributed by atoms with Crippen LogP contribution in [0.4, 0.5) is 0 Å². The Balaban J connectivity index is 3.29. The quantitative estimate of drug-likeness (QED) is 0.446. The van der Waals surface area contributed by atoms with E-state index >= 15 is 0 Å². The first-order valence-corrected chi connectivity index (χ1v) is 6.95. The number of amides is 2. The van der Waals surface area contributed by atoms with Crippen LogP contribution in [0.1, 0.15) is 26.2 Å². The van der Waals surface area contributed by atoms with E-state index in [1.807, 2.05) is 25.9 Å². The summed E-state index contributed by atoms with van der Waals surface area (Å²) in [6.07, 6.45) is 1.91. The van der Waals surface area contributed by atoms with Crippen molar-refractivity contribution in [1.82, 2.24) is 20.9 Å². The molecule has 0 atom stereocenters. The zero-order chi connectivity index (χ0) is 14.5. The Bertz CT molecular complexity index is 257. The van der Waals surface area contributed by atoms with E-state index in [0.29, 0.717) is 39.0 Å². The van der Waals surface area contributed by atoms with Crippen molar-refractivity contribution in [1.29, 1.82) is 0 Å². The number of nitrogens with one attached hydrogen (secondary N) is 3. The van der Waals surface area contributed by atoms with Gasteiger partial charge in [-0.1, -0.05) is 6.92 Å². The molecule has 0 bridgehead atoms. The highest BCUT2D eigenvalue weighted by Crippen LogP contribution is 1.84. The molecular weight excluding hydrogens is 244 g/mol. The van der Waals surface area contributed by atoms with Gasteiger partial charge in [-0.2, -0.15) is 0 Å². The predicted octanol–water partition coefficient (Wildman–Crippen LogP) is -0.440. The molecule has 0 aliphatic heterocycles. The molecule has 0 saturated heterocycles. The van der Waals surface area contributed by atoms with Gasteiger partial charge < -0.3 is 20.9 Å². The van der Waals surface area contributed by atoms with Crippen molar-refractivity contribution < 1.29 is 9.59 Å². The van der Waals surface area contributed by atoms with Crippen molar-refractivity contribution in [2.24, 2.45) is 0 Å². The van der Waals surface area contributed by atoms with E-state index in [1.54, 1.807) is 0 Å². The lowest BCUT2D eigenvalue weighted by Gasteiger charge is -2.10. The van der Waals surface area contributed by atoms with Crippen LogP contribution in [-0.4, -0.2) is 63.5 Å². The van der Waals surface area contributed by atoms with Gasteiger partial charge in [0.15, 0.2) is 0 Å². The maximum absolute atomic E-state index is 11.4. The van der Waals surface area contributed by atoms with E-state index in [0.717, 1.165) is 13.0 Å². The van der Waals surface area contributed by atoms with E-state index in [-0.39, 0.29) is 11.8 Å². The Labute approximate surface area is 116 Å². The van der Waals surface area contributed by atoms with E-state index in [4.69, 9.17) is 0 Å². The minimum absolute atomic E-state index is 0.0596. The molecular formula is C13H28N4O2. The normalized spacial score (nSPS) is 10.5. The Morgan fingerprint density at radius 1 is 0.895 bits per heavy atom. The number of carbonyl (C=O) groups excluding carboxylic acids is 2. The molecule has 0 spiro atoms. The summed E-state index contributed by atoms with van der Waals surface area (Å²) in [5, 5.41) is 8.79. The number of hydrogen-bond donors (Lipinski definition) is 3. The molecule has 0 rings (SSSR count). The van der Waals surface area contributed by atoms with Crippen LogP contribution >= 0.6 is 0 Å². The van der Waals surface area contributed by atoms with Gasteiger partial charge >= 0.3 is 0 Å². The number of hydrogen-bond acceptors (Lipinski definition) is 4. The molecule has 3 N–H and O–H groups in total. The van der Waals surface area contributed by atoms with Crippen LogP contribution in [0.2, 0.25) is 0 Å². The second-order valence-corrected chi connectivity index (χ2v) is 4.75. The lowest BCUT2D eigenvalue weighted by Crippen LogP contribution is -2.35. The van der Waals surface area contributed by atoms with Crippen molar-refractivity contribution in [3.05, 3.63) is 0 Å². The van der Waals surface area contributed by atoms with Crippen molar-refractivity contribution >= 4 is 11.8 Å². The van der Waals surface area contributed by atoms with Crippen LogP contribution in [0, 0.1) is 0 Å². The van der Waals surface area contributed by atoms with Gasteiger partial charge in [-0.25, -0.2) is 0 Å². The highest BCUT2D eigenvalue weighted by atomic mass is 16.2. The molecule has 0 aliphatic rings. The van der Waals surface area contributed by atoms with Crippen LogP contribution in [0.15, 0.2) is 0 Å². The third-order valence-corrected chi connectivity index (χ3v) is 2.51. The smallest absolute Gasteiger partial charge is 0.221 e. The second-order valence-electron chi connectivity index (χ2n) is 4.75. The number of carbonyl (C=O) groups is 2. The summed E-state index contributed by atoms with van der Waals surface area (Å²) in [6.45, 7) is 5.45. The number of rotatable bonds is 11. The van der Waals surface area contributed by atoms with Crippen molar-refractivity contribution in [2.75, 3.05) is 46.8 Å². The second kappa shape index (κ2) is 11.9. The summed E-state index contributed by atoms with van der Waals surface area (Å²) < 4.78 is 0. The van der Waals surface area contributed by atoms with Crippen molar-refractivity contribution in [2.45, 2.75) is 26.2 Å². The molecule has 112 valence electrons. The van der Waals surface area contributed by atoms with E-state index < -0.39 is 0 Å². The summed E-state index contributed by atoms with van der Waals surface area (Å²) >= 11 is 0. The summed E-state index contributed by atoms with van der Waals surface area (Å²) in [7, 11) is 3.95. The van der Waals surface area contributed by atoms with Crippen molar-refractivity contribution in [3.8, 4) is 0 Å². The zero-order valence-corrected chi connectivity index (χ0v) is 12.4. The molecule has 0 aromatic carbocycles. The van der Waals surface area contributed by atoms with Gasteiger partial charge in [0.05, 0.1) is 0 Å². The zero-order valence-electron chi connectivity index (χ0n) is 12.4. The third-order valence-electron chi connectivity index (χ3n) is 2.51. The SMILES string of the molecule is CCCC(=O)NCCNCCC(=O)NCCN(C)C. The number of likely N-dealkylation sites (N-methyl/N-ethyl adjacent to an activating group) is 1. The molecule has 0 aliphatic carbocycles. The van der Waals surface area contributed by atoms with Crippen LogP contribution < -0.4 is 16.0 Å². The first-order chi connectivity index (χ1) is 9.06. The lowest BCUT2D eigenvalue weighted by molar-refractivity contribution is -0.122. The molecule has 0 heterocycles. The minimum atomic E-state index is 0.0596. The molecule has 19 heavy (non-hydrogen) atoms. The standard InChI is InChI=1S/C13H28N4O2/c1-4-5-12(18)15-9-8-14-7-6-13(19)16-10-11-17(2)3/h14H,4-11H2,1-3H3,(H,15,18)(H,16,19). The molecule has 0 fully saturated rings. The van der Waals surface area contributed by atoms with Crippen LogP contribution in [0.3, 0.4) is 0 Å². The largest absolute Gasteiger partial charge is 0.355 e. The summed E-state index contributed by atoms with van der Waals surface area (Å²) in [5.74, 6) is 0.148. The first kappa shape index (κ1) is 17.9. The molecule has 6 nitrogen and oxygen atoms in total. The maximum atomic E-state index is 11.4. The molecule has 0 radical (unpaired) electrons.